The molecule has 0 bridgehead atoms. The molecule has 1 aliphatic carbocycles. The highest BCUT2D eigenvalue weighted by Crippen LogP contribution is 2.38. The molecule has 0 saturated heterocycles. The maximum absolute atomic E-state index is 9.36. The molecule has 2 aliphatic rings. The zero-order valence-corrected chi connectivity index (χ0v) is 8.16. The van der Waals surface area contributed by atoms with Gasteiger partial charge in [-0.1, -0.05) is 6.42 Å². The smallest absolute Gasteiger partial charge is 0.116 e. The number of hydrogen-bond donors (Lipinski definition) is 2. The topological polar surface area (TPSA) is 32.3 Å². The second-order valence-electron chi connectivity index (χ2n) is 4.49. The Hall–Kier alpha value is -1.18. The van der Waals surface area contributed by atoms with Crippen LogP contribution in [0.2, 0.25) is 0 Å². The molecule has 1 saturated carbocycles. The van der Waals surface area contributed by atoms with Gasteiger partial charge in [0.1, 0.15) is 5.75 Å². The predicted molar refractivity (Wildman–Crippen MR) is 56.6 cm³/mol. The Morgan fingerprint density at radius 1 is 1.29 bits per heavy atom. The van der Waals surface area contributed by atoms with E-state index in [0.29, 0.717) is 11.8 Å². The number of rotatable bonds is 1. The second kappa shape index (κ2) is 2.91. The van der Waals surface area contributed by atoms with Crippen molar-refractivity contribution < 1.29 is 5.11 Å². The lowest BCUT2D eigenvalue weighted by atomic mass is 9.79. The maximum atomic E-state index is 9.36. The average Bonchev–Trinajstić information content (AvgIpc) is 2.43. The van der Waals surface area contributed by atoms with Gasteiger partial charge in [-0.15, -0.1) is 0 Å². The van der Waals surface area contributed by atoms with Gasteiger partial charge < -0.3 is 10.4 Å². The first-order valence-electron chi connectivity index (χ1n) is 5.41. The monoisotopic (exact) mass is 189 g/mol. The highest BCUT2D eigenvalue weighted by molar-refractivity contribution is 5.59. The van der Waals surface area contributed by atoms with E-state index >= 15 is 0 Å². The van der Waals surface area contributed by atoms with Gasteiger partial charge in [0, 0.05) is 11.7 Å². The van der Waals surface area contributed by atoms with Gasteiger partial charge in [0.05, 0.1) is 0 Å². The largest absolute Gasteiger partial charge is 0.508 e. The number of nitrogens with one attached hydrogen (secondary N) is 1. The number of hydrogen-bond acceptors (Lipinski definition) is 2. The molecule has 0 spiro atoms. The summed E-state index contributed by atoms with van der Waals surface area (Å²) in [7, 11) is 0. The minimum atomic E-state index is 0.389. The summed E-state index contributed by atoms with van der Waals surface area (Å²) >= 11 is 0. The van der Waals surface area contributed by atoms with Crippen molar-refractivity contribution in [3.8, 4) is 5.75 Å². The minimum absolute atomic E-state index is 0.389. The SMILES string of the molecule is Oc1ccc2c(c1)CC(C1CCC1)N2. The first kappa shape index (κ1) is 8.16. The van der Waals surface area contributed by atoms with Crippen LogP contribution >= 0.6 is 0 Å². The average molecular weight is 189 g/mol. The summed E-state index contributed by atoms with van der Waals surface area (Å²) in [5.74, 6) is 1.25. The van der Waals surface area contributed by atoms with Crippen LogP contribution < -0.4 is 5.32 Å². The van der Waals surface area contributed by atoms with Crippen LogP contribution in [0.5, 0.6) is 5.75 Å². The van der Waals surface area contributed by atoms with Gasteiger partial charge in [-0.25, -0.2) is 0 Å². The highest BCUT2D eigenvalue weighted by Gasteiger charge is 2.31. The number of fused-ring (bicyclic) bond motifs is 1. The number of benzene rings is 1. The summed E-state index contributed by atoms with van der Waals surface area (Å²) in [5.41, 5.74) is 2.50. The van der Waals surface area contributed by atoms with Gasteiger partial charge in [0.2, 0.25) is 0 Å². The summed E-state index contributed by atoms with van der Waals surface area (Å²) in [6, 6.07) is 6.26. The Morgan fingerprint density at radius 3 is 2.86 bits per heavy atom. The lowest BCUT2D eigenvalue weighted by Crippen LogP contribution is -2.31. The van der Waals surface area contributed by atoms with E-state index in [2.05, 4.69) is 5.32 Å². The van der Waals surface area contributed by atoms with E-state index < -0.39 is 0 Å². The fourth-order valence-corrected chi connectivity index (χ4v) is 2.50. The van der Waals surface area contributed by atoms with E-state index in [4.69, 9.17) is 0 Å². The van der Waals surface area contributed by atoms with Crippen LogP contribution in [0.3, 0.4) is 0 Å². The summed E-state index contributed by atoms with van der Waals surface area (Å²) in [4.78, 5) is 0. The molecule has 1 aromatic carbocycles. The van der Waals surface area contributed by atoms with E-state index in [1.165, 1.54) is 30.5 Å². The third-order valence-corrected chi connectivity index (χ3v) is 3.59. The Morgan fingerprint density at radius 2 is 2.14 bits per heavy atom. The van der Waals surface area contributed by atoms with Crippen LogP contribution in [0.4, 0.5) is 5.69 Å². The molecule has 1 atom stereocenters. The number of anilines is 1. The first-order valence-corrected chi connectivity index (χ1v) is 5.41. The van der Waals surface area contributed by atoms with Crippen molar-refractivity contribution in [2.45, 2.75) is 31.7 Å². The molecule has 1 heterocycles. The van der Waals surface area contributed by atoms with Crippen LogP contribution in [-0.4, -0.2) is 11.1 Å². The molecule has 2 heteroatoms. The molecule has 0 radical (unpaired) electrons. The summed E-state index contributed by atoms with van der Waals surface area (Å²) in [6.07, 6.45) is 5.23. The van der Waals surface area contributed by atoms with Crippen molar-refractivity contribution in [1.29, 1.82) is 0 Å². The van der Waals surface area contributed by atoms with Gasteiger partial charge >= 0.3 is 0 Å². The van der Waals surface area contributed by atoms with Gasteiger partial charge in [-0.2, -0.15) is 0 Å². The van der Waals surface area contributed by atoms with Gasteiger partial charge in [-0.05, 0) is 48.9 Å². The van der Waals surface area contributed by atoms with Crippen molar-refractivity contribution in [1.82, 2.24) is 0 Å². The molecule has 3 rings (SSSR count). The van der Waals surface area contributed by atoms with Crippen LogP contribution in [0, 0.1) is 5.92 Å². The Kier molecular flexibility index (Phi) is 1.69. The van der Waals surface area contributed by atoms with E-state index in [1.807, 2.05) is 12.1 Å². The molecule has 2 nitrogen and oxygen atoms in total. The standard InChI is InChI=1S/C12H15NO/c14-10-4-5-11-9(6-10)7-12(13-11)8-2-1-3-8/h4-6,8,12-14H,1-3,7H2. The Bertz CT molecular complexity index is 357. The predicted octanol–water partition coefficient (Wildman–Crippen LogP) is 2.53. The highest BCUT2D eigenvalue weighted by atomic mass is 16.3. The quantitative estimate of drug-likeness (QED) is 0.665. The number of phenolic OH excluding ortho intramolecular Hbond substituents is 1. The van der Waals surface area contributed by atoms with Crippen molar-refractivity contribution >= 4 is 5.69 Å². The first-order chi connectivity index (χ1) is 6.83. The maximum Gasteiger partial charge on any atom is 0.116 e. The summed E-state index contributed by atoms with van der Waals surface area (Å²) in [5, 5.41) is 12.9. The number of aromatic hydroxyl groups is 1. The van der Waals surface area contributed by atoms with Crippen LogP contribution in [0.1, 0.15) is 24.8 Å². The van der Waals surface area contributed by atoms with Gasteiger partial charge in [0.25, 0.3) is 0 Å². The van der Waals surface area contributed by atoms with Gasteiger partial charge in [-0.3, -0.25) is 0 Å². The summed E-state index contributed by atoms with van der Waals surface area (Å²) in [6.45, 7) is 0. The molecule has 1 aromatic rings. The Balaban J connectivity index is 1.82. The molecule has 1 unspecified atom stereocenters. The van der Waals surface area contributed by atoms with E-state index in [-0.39, 0.29) is 0 Å². The molecule has 2 N–H and O–H groups in total. The molecular formula is C12H15NO. The van der Waals surface area contributed by atoms with Crippen molar-refractivity contribution in [3.05, 3.63) is 23.8 Å². The summed E-state index contributed by atoms with van der Waals surface area (Å²) < 4.78 is 0. The zero-order valence-electron chi connectivity index (χ0n) is 8.16. The lowest BCUT2D eigenvalue weighted by molar-refractivity contribution is 0.278. The van der Waals surface area contributed by atoms with E-state index in [1.54, 1.807) is 6.07 Å². The van der Waals surface area contributed by atoms with Crippen LogP contribution in [0.25, 0.3) is 0 Å². The molecule has 74 valence electrons. The fraction of sp³-hybridized carbons (Fsp3) is 0.500. The van der Waals surface area contributed by atoms with Crippen molar-refractivity contribution in [3.63, 3.8) is 0 Å². The number of phenols is 1. The minimum Gasteiger partial charge on any atom is -0.508 e. The second-order valence-corrected chi connectivity index (χ2v) is 4.49. The molecule has 0 aromatic heterocycles. The third kappa shape index (κ3) is 1.17. The fourth-order valence-electron chi connectivity index (χ4n) is 2.50. The Labute approximate surface area is 84.0 Å². The molecule has 14 heavy (non-hydrogen) atoms. The van der Waals surface area contributed by atoms with E-state index in [9.17, 15) is 5.11 Å². The molecule has 1 aliphatic heterocycles. The third-order valence-electron chi connectivity index (χ3n) is 3.59. The van der Waals surface area contributed by atoms with Crippen LogP contribution in [-0.2, 0) is 6.42 Å². The van der Waals surface area contributed by atoms with E-state index in [0.717, 1.165) is 12.3 Å². The van der Waals surface area contributed by atoms with Crippen molar-refractivity contribution in [2.24, 2.45) is 5.92 Å². The van der Waals surface area contributed by atoms with Crippen molar-refractivity contribution in [2.75, 3.05) is 5.32 Å². The van der Waals surface area contributed by atoms with Crippen LogP contribution in [0.15, 0.2) is 18.2 Å². The molecule has 1 fully saturated rings. The normalized spacial score (nSPS) is 25.3. The molecular weight excluding hydrogens is 174 g/mol. The lowest BCUT2D eigenvalue weighted by Gasteiger charge is -2.31. The zero-order chi connectivity index (χ0) is 9.54. The molecule has 0 amide bonds. The van der Waals surface area contributed by atoms with Gasteiger partial charge in [0.15, 0.2) is 0 Å².